The molecule has 0 bridgehead atoms. The van der Waals surface area contributed by atoms with Gasteiger partial charge in [-0.15, -0.1) is 11.3 Å². The van der Waals surface area contributed by atoms with Crippen LogP contribution < -0.4 is 5.32 Å². The second kappa shape index (κ2) is 4.72. The molecule has 19 heavy (non-hydrogen) atoms. The molecule has 1 N–H and O–H groups in total. The van der Waals surface area contributed by atoms with E-state index >= 15 is 0 Å². The first-order chi connectivity index (χ1) is 9.11. The standard InChI is InChI=1S/C14H20N4S/c1-8-12(9(2)18(4)17-8)14-16-13-10(15-3)6-5-7-11(13)19-14/h10,15H,5-7H2,1-4H3. The Kier molecular flexibility index (Phi) is 3.19. The third-order valence-electron chi connectivity index (χ3n) is 4.03. The van der Waals surface area contributed by atoms with Crippen LogP contribution in [-0.2, 0) is 13.5 Å². The molecule has 2 aromatic heterocycles. The Labute approximate surface area is 117 Å². The number of aryl methyl sites for hydroxylation is 3. The molecular formula is C14H20N4S. The molecule has 1 aliphatic rings. The van der Waals surface area contributed by atoms with Gasteiger partial charge in [0.15, 0.2) is 0 Å². The molecule has 0 aliphatic heterocycles. The van der Waals surface area contributed by atoms with Crippen LogP contribution in [0.1, 0.15) is 40.8 Å². The van der Waals surface area contributed by atoms with Crippen LogP contribution in [0.3, 0.4) is 0 Å². The summed E-state index contributed by atoms with van der Waals surface area (Å²) >= 11 is 1.84. The number of hydrogen-bond acceptors (Lipinski definition) is 4. The van der Waals surface area contributed by atoms with Gasteiger partial charge in [0.1, 0.15) is 5.01 Å². The maximum Gasteiger partial charge on any atom is 0.127 e. The van der Waals surface area contributed by atoms with Gasteiger partial charge in [0.25, 0.3) is 0 Å². The normalized spacial score (nSPS) is 18.6. The van der Waals surface area contributed by atoms with Crippen molar-refractivity contribution in [1.29, 1.82) is 0 Å². The molecule has 0 saturated carbocycles. The van der Waals surface area contributed by atoms with E-state index in [1.165, 1.54) is 41.1 Å². The highest BCUT2D eigenvalue weighted by Crippen LogP contribution is 2.38. The molecule has 0 aromatic carbocycles. The van der Waals surface area contributed by atoms with Crippen molar-refractivity contribution in [2.75, 3.05) is 7.05 Å². The molecule has 4 nitrogen and oxygen atoms in total. The summed E-state index contributed by atoms with van der Waals surface area (Å²) in [5.41, 5.74) is 4.75. The lowest BCUT2D eigenvalue weighted by atomic mass is 9.98. The summed E-state index contributed by atoms with van der Waals surface area (Å²) < 4.78 is 1.95. The highest BCUT2D eigenvalue weighted by atomic mass is 32.1. The van der Waals surface area contributed by atoms with E-state index < -0.39 is 0 Å². The molecule has 5 heteroatoms. The van der Waals surface area contributed by atoms with Crippen LogP contribution in [0.25, 0.3) is 10.6 Å². The lowest BCUT2D eigenvalue weighted by molar-refractivity contribution is 0.490. The maximum atomic E-state index is 4.91. The predicted molar refractivity (Wildman–Crippen MR) is 78.5 cm³/mol. The van der Waals surface area contributed by atoms with Gasteiger partial charge in [0, 0.05) is 17.6 Å². The Bertz CT molecular complexity index is 611. The topological polar surface area (TPSA) is 42.7 Å². The molecule has 1 unspecified atom stereocenters. The van der Waals surface area contributed by atoms with Crippen LogP contribution in [0.2, 0.25) is 0 Å². The zero-order valence-corrected chi connectivity index (χ0v) is 12.8. The van der Waals surface area contributed by atoms with Crippen molar-refractivity contribution in [2.24, 2.45) is 7.05 Å². The number of fused-ring (bicyclic) bond motifs is 1. The zero-order chi connectivity index (χ0) is 13.6. The van der Waals surface area contributed by atoms with Crippen molar-refractivity contribution in [1.82, 2.24) is 20.1 Å². The largest absolute Gasteiger partial charge is 0.312 e. The summed E-state index contributed by atoms with van der Waals surface area (Å²) in [5, 5.41) is 9.02. The van der Waals surface area contributed by atoms with E-state index in [9.17, 15) is 0 Å². The van der Waals surface area contributed by atoms with Gasteiger partial charge in [-0.05, 0) is 40.2 Å². The highest BCUT2D eigenvalue weighted by Gasteiger charge is 2.25. The zero-order valence-electron chi connectivity index (χ0n) is 11.9. The van der Waals surface area contributed by atoms with E-state index in [-0.39, 0.29) is 0 Å². The fraction of sp³-hybridized carbons (Fsp3) is 0.571. The fourth-order valence-electron chi connectivity index (χ4n) is 2.89. The van der Waals surface area contributed by atoms with E-state index in [1.54, 1.807) is 0 Å². The molecule has 3 rings (SSSR count). The fourth-order valence-corrected chi connectivity index (χ4v) is 4.20. The van der Waals surface area contributed by atoms with E-state index in [1.807, 2.05) is 30.1 Å². The van der Waals surface area contributed by atoms with Crippen molar-refractivity contribution in [2.45, 2.75) is 39.2 Å². The number of rotatable bonds is 2. The Morgan fingerprint density at radius 2 is 2.16 bits per heavy atom. The number of thiazole rings is 1. The first-order valence-electron chi connectivity index (χ1n) is 6.79. The number of aromatic nitrogens is 3. The molecule has 0 amide bonds. The minimum Gasteiger partial charge on any atom is -0.312 e. The van der Waals surface area contributed by atoms with Crippen molar-refractivity contribution in [3.05, 3.63) is 22.0 Å². The lowest BCUT2D eigenvalue weighted by Crippen LogP contribution is -2.21. The molecule has 0 saturated heterocycles. The van der Waals surface area contributed by atoms with Crippen molar-refractivity contribution in [3.8, 4) is 10.6 Å². The molecule has 0 spiro atoms. The van der Waals surface area contributed by atoms with Gasteiger partial charge >= 0.3 is 0 Å². The lowest BCUT2D eigenvalue weighted by Gasteiger charge is -2.19. The molecule has 0 fully saturated rings. The monoisotopic (exact) mass is 276 g/mol. The van der Waals surface area contributed by atoms with Crippen molar-refractivity contribution in [3.63, 3.8) is 0 Å². The number of nitrogens with zero attached hydrogens (tertiary/aromatic N) is 3. The van der Waals surface area contributed by atoms with E-state index in [2.05, 4.69) is 24.3 Å². The van der Waals surface area contributed by atoms with Gasteiger partial charge in [-0.3, -0.25) is 4.68 Å². The molecule has 1 atom stereocenters. The van der Waals surface area contributed by atoms with Crippen LogP contribution in [0.5, 0.6) is 0 Å². The van der Waals surface area contributed by atoms with E-state index in [0.29, 0.717) is 6.04 Å². The Hall–Kier alpha value is -1.20. The Morgan fingerprint density at radius 3 is 2.79 bits per heavy atom. The van der Waals surface area contributed by atoms with Crippen molar-refractivity contribution >= 4 is 11.3 Å². The summed E-state index contributed by atoms with van der Waals surface area (Å²) in [6.45, 7) is 4.18. The molecule has 0 radical (unpaired) electrons. The second-order valence-electron chi connectivity index (χ2n) is 5.23. The smallest absolute Gasteiger partial charge is 0.127 e. The van der Waals surface area contributed by atoms with E-state index in [0.717, 1.165) is 10.7 Å². The minimum absolute atomic E-state index is 0.422. The number of nitrogens with one attached hydrogen (secondary N) is 1. The van der Waals surface area contributed by atoms with Crippen LogP contribution in [0.4, 0.5) is 0 Å². The highest BCUT2D eigenvalue weighted by molar-refractivity contribution is 7.15. The van der Waals surface area contributed by atoms with E-state index in [4.69, 9.17) is 4.98 Å². The average Bonchev–Trinajstić information content (AvgIpc) is 2.90. The molecular weight excluding hydrogens is 256 g/mol. The van der Waals surface area contributed by atoms with Gasteiger partial charge < -0.3 is 5.32 Å². The van der Waals surface area contributed by atoms with Gasteiger partial charge in [0.2, 0.25) is 0 Å². The minimum atomic E-state index is 0.422. The van der Waals surface area contributed by atoms with Crippen molar-refractivity contribution < 1.29 is 0 Å². The Balaban J connectivity index is 2.10. The SMILES string of the molecule is CNC1CCCc2sc(-c3c(C)nn(C)c3C)nc21. The first kappa shape index (κ1) is 12.8. The number of hydrogen-bond donors (Lipinski definition) is 1. The van der Waals surface area contributed by atoms with Crippen LogP contribution in [-0.4, -0.2) is 21.8 Å². The Morgan fingerprint density at radius 1 is 1.37 bits per heavy atom. The van der Waals surface area contributed by atoms with Gasteiger partial charge in [-0.1, -0.05) is 0 Å². The summed E-state index contributed by atoms with van der Waals surface area (Å²) in [7, 11) is 4.02. The van der Waals surface area contributed by atoms with Crippen LogP contribution in [0.15, 0.2) is 0 Å². The molecule has 2 aromatic rings. The summed E-state index contributed by atoms with van der Waals surface area (Å²) in [5.74, 6) is 0. The summed E-state index contributed by atoms with van der Waals surface area (Å²) in [4.78, 5) is 6.36. The average molecular weight is 276 g/mol. The summed E-state index contributed by atoms with van der Waals surface area (Å²) in [6.07, 6.45) is 3.62. The van der Waals surface area contributed by atoms with Gasteiger partial charge in [-0.25, -0.2) is 4.98 Å². The quantitative estimate of drug-likeness (QED) is 0.917. The summed E-state index contributed by atoms with van der Waals surface area (Å²) in [6, 6.07) is 0.422. The molecule has 1 aliphatic carbocycles. The third-order valence-corrected chi connectivity index (χ3v) is 5.17. The van der Waals surface area contributed by atoms with Gasteiger partial charge in [-0.2, -0.15) is 5.10 Å². The maximum absolute atomic E-state index is 4.91. The first-order valence-corrected chi connectivity index (χ1v) is 7.61. The third kappa shape index (κ3) is 2.01. The van der Waals surface area contributed by atoms with Crippen LogP contribution >= 0.6 is 11.3 Å². The molecule has 102 valence electrons. The van der Waals surface area contributed by atoms with Gasteiger partial charge in [0.05, 0.1) is 23.0 Å². The second-order valence-corrected chi connectivity index (χ2v) is 6.31. The van der Waals surface area contributed by atoms with Crippen LogP contribution in [0, 0.1) is 13.8 Å². The predicted octanol–water partition coefficient (Wildman–Crippen LogP) is 2.76. The molecule has 2 heterocycles.